The summed E-state index contributed by atoms with van der Waals surface area (Å²) in [6.07, 6.45) is 9.90. The number of rotatable bonds is 4. The van der Waals surface area contributed by atoms with E-state index in [0.717, 1.165) is 30.2 Å². The Hall–Kier alpha value is -1.47. The van der Waals surface area contributed by atoms with Crippen LogP contribution in [0.25, 0.3) is 6.08 Å². The SMILES string of the molecule is CS(=O)(=O)c1ncc2c(n1)N(C1CCCC1)CC(CCO)=C2. The number of nitrogens with zero attached hydrogens (tertiary/aromatic N) is 3. The third kappa shape index (κ3) is 3.01. The van der Waals surface area contributed by atoms with Gasteiger partial charge in [-0.25, -0.2) is 18.4 Å². The van der Waals surface area contributed by atoms with E-state index < -0.39 is 9.84 Å². The van der Waals surface area contributed by atoms with Gasteiger partial charge in [-0.05, 0) is 30.9 Å². The summed E-state index contributed by atoms with van der Waals surface area (Å²) in [5, 5.41) is 9.08. The monoisotopic (exact) mass is 323 g/mol. The molecule has 6 nitrogen and oxygen atoms in total. The standard InChI is InChI=1S/C15H21N3O3S/c1-22(20,21)15-16-9-12-8-11(6-7-19)10-18(14(12)17-15)13-4-2-3-5-13/h8-9,13,19H,2-7,10H2,1H3. The third-order valence-corrected chi connectivity index (χ3v) is 5.17. The van der Waals surface area contributed by atoms with Gasteiger partial charge in [-0.2, -0.15) is 0 Å². The van der Waals surface area contributed by atoms with Crippen LogP contribution in [-0.2, 0) is 9.84 Å². The van der Waals surface area contributed by atoms with E-state index in [4.69, 9.17) is 0 Å². The summed E-state index contributed by atoms with van der Waals surface area (Å²) >= 11 is 0. The Kier molecular flexibility index (Phi) is 4.18. The Balaban J connectivity index is 2.04. The molecule has 22 heavy (non-hydrogen) atoms. The first-order chi connectivity index (χ1) is 10.5. The zero-order chi connectivity index (χ0) is 15.7. The van der Waals surface area contributed by atoms with E-state index in [0.29, 0.717) is 24.8 Å². The highest BCUT2D eigenvalue weighted by atomic mass is 32.2. The summed E-state index contributed by atoms with van der Waals surface area (Å²) in [5.74, 6) is 0.712. The highest BCUT2D eigenvalue weighted by molar-refractivity contribution is 7.90. The van der Waals surface area contributed by atoms with E-state index in [2.05, 4.69) is 14.9 Å². The van der Waals surface area contributed by atoms with Crippen molar-refractivity contribution in [2.75, 3.05) is 24.3 Å². The second kappa shape index (κ2) is 5.96. The highest BCUT2D eigenvalue weighted by Crippen LogP contribution is 2.34. The molecule has 0 unspecified atom stereocenters. The van der Waals surface area contributed by atoms with Gasteiger partial charge in [0.05, 0.1) is 0 Å². The molecule has 1 fully saturated rings. The Morgan fingerprint density at radius 3 is 2.73 bits per heavy atom. The average molecular weight is 323 g/mol. The Morgan fingerprint density at radius 2 is 2.09 bits per heavy atom. The summed E-state index contributed by atoms with van der Waals surface area (Å²) in [5.41, 5.74) is 1.98. The number of sulfone groups is 1. The molecule has 0 bridgehead atoms. The van der Waals surface area contributed by atoms with Crippen molar-refractivity contribution >= 4 is 21.7 Å². The molecule has 1 aliphatic heterocycles. The molecule has 0 spiro atoms. The van der Waals surface area contributed by atoms with Gasteiger partial charge in [-0.1, -0.05) is 12.8 Å². The van der Waals surface area contributed by atoms with Crippen LogP contribution in [0.5, 0.6) is 0 Å². The maximum Gasteiger partial charge on any atom is 0.248 e. The molecule has 7 heteroatoms. The van der Waals surface area contributed by atoms with Crippen LogP contribution in [-0.4, -0.2) is 48.9 Å². The zero-order valence-corrected chi connectivity index (χ0v) is 13.5. The molecule has 0 saturated heterocycles. The van der Waals surface area contributed by atoms with Crippen LogP contribution in [0.15, 0.2) is 16.9 Å². The lowest BCUT2D eigenvalue weighted by Gasteiger charge is -2.35. The summed E-state index contributed by atoms with van der Waals surface area (Å²) in [7, 11) is -3.42. The fourth-order valence-corrected chi connectivity index (χ4v) is 3.75. The Bertz CT molecular complexity index is 694. The predicted molar refractivity (Wildman–Crippen MR) is 84.4 cm³/mol. The van der Waals surface area contributed by atoms with Gasteiger partial charge in [-0.15, -0.1) is 0 Å². The van der Waals surface area contributed by atoms with Crippen LogP contribution >= 0.6 is 0 Å². The van der Waals surface area contributed by atoms with Crippen molar-refractivity contribution in [2.24, 2.45) is 0 Å². The van der Waals surface area contributed by atoms with E-state index in [1.165, 1.54) is 12.8 Å². The van der Waals surface area contributed by atoms with Crippen molar-refractivity contribution in [1.29, 1.82) is 0 Å². The molecule has 2 heterocycles. The van der Waals surface area contributed by atoms with Crippen LogP contribution in [0.4, 0.5) is 5.82 Å². The molecule has 0 aromatic carbocycles. The molecule has 0 radical (unpaired) electrons. The number of aromatic nitrogens is 2. The number of fused-ring (bicyclic) bond motifs is 1. The molecule has 1 aromatic heterocycles. The molecule has 2 aliphatic rings. The van der Waals surface area contributed by atoms with Crippen LogP contribution in [0.1, 0.15) is 37.7 Å². The van der Waals surface area contributed by atoms with Gasteiger partial charge in [-0.3, -0.25) is 0 Å². The van der Waals surface area contributed by atoms with Gasteiger partial charge in [0.15, 0.2) is 0 Å². The Labute approximate surface area is 130 Å². The number of aliphatic hydroxyl groups excluding tert-OH is 1. The van der Waals surface area contributed by atoms with Gasteiger partial charge in [0.2, 0.25) is 15.0 Å². The lowest BCUT2D eigenvalue weighted by Crippen LogP contribution is -2.38. The fraction of sp³-hybridized carbons (Fsp3) is 0.600. The van der Waals surface area contributed by atoms with E-state index in [1.54, 1.807) is 6.20 Å². The maximum atomic E-state index is 11.7. The molecule has 0 atom stereocenters. The molecule has 1 N–H and O–H groups in total. The number of anilines is 1. The van der Waals surface area contributed by atoms with Crippen molar-refractivity contribution in [2.45, 2.75) is 43.3 Å². The van der Waals surface area contributed by atoms with Crippen LogP contribution < -0.4 is 4.90 Å². The summed E-state index contributed by atoms with van der Waals surface area (Å²) in [6.45, 7) is 0.820. The van der Waals surface area contributed by atoms with Gasteiger partial charge in [0.1, 0.15) is 5.82 Å². The second-order valence-corrected chi connectivity index (χ2v) is 7.96. The topological polar surface area (TPSA) is 83.4 Å². The lowest BCUT2D eigenvalue weighted by molar-refractivity contribution is 0.298. The molecule has 120 valence electrons. The minimum Gasteiger partial charge on any atom is -0.396 e. The van der Waals surface area contributed by atoms with Gasteiger partial charge < -0.3 is 10.0 Å². The second-order valence-electron chi connectivity index (χ2n) is 6.05. The highest BCUT2D eigenvalue weighted by Gasteiger charge is 2.29. The van der Waals surface area contributed by atoms with Crippen LogP contribution in [0.2, 0.25) is 0 Å². The first kappa shape index (κ1) is 15.4. The average Bonchev–Trinajstić information content (AvgIpc) is 2.99. The molecule has 0 amide bonds. The molecule has 3 rings (SSSR count). The minimum absolute atomic E-state index is 0.113. The molecule has 1 saturated carbocycles. The van der Waals surface area contributed by atoms with E-state index in [9.17, 15) is 13.5 Å². The summed E-state index contributed by atoms with van der Waals surface area (Å²) in [4.78, 5) is 10.5. The van der Waals surface area contributed by atoms with Crippen molar-refractivity contribution in [3.8, 4) is 0 Å². The largest absolute Gasteiger partial charge is 0.396 e. The normalized spacial score (nSPS) is 19.2. The van der Waals surface area contributed by atoms with E-state index >= 15 is 0 Å². The third-order valence-electron chi connectivity index (χ3n) is 4.31. The molecule has 1 aliphatic carbocycles. The number of aliphatic hydroxyl groups is 1. The maximum absolute atomic E-state index is 11.7. The fourth-order valence-electron chi connectivity index (χ4n) is 3.25. The van der Waals surface area contributed by atoms with Gasteiger partial charge >= 0.3 is 0 Å². The zero-order valence-electron chi connectivity index (χ0n) is 12.7. The van der Waals surface area contributed by atoms with Crippen LogP contribution in [0.3, 0.4) is 0 Å². The number of hydrogen-bond donors (Lipinski definition) is 1. The van der Waals surface area contributed by atoms with Gasteiger partial charge in [0.25, 0.3) is 0 Å². The summed E-state index contributed by atoms with van der Waals surface area (Å²) < 4.78 is 23.4. The lowest BCUT2D eigenvalue weighted by atomic mass is 10.0. The Morgan fingerprint density at radius 1 is 1.36 bits per heavy atom. The van der Waals surface area contributed by atoms with Crippen LogP contribution in [0, 0.1) is 0 Å². The summed E-state index contributed by atoms with van der Waals surface area (Å²) in [6, 6.07) is 0.392. The molecule has 1 aromatic rings. The minimum atomic E-state index is -3.42. The smallest absolute Gasteiger partial charge is 0.248 e. The molecular weight excluding hydrogens is 302 g/mol. The van der Waals surface area contributed by atoms with Crippen molar-refractivity contribution in [1.82, 2.24) is 9.97 Å². The quantitative estimate of drug-likeness (QED) is 0.844. The first-order valence-electron chi connectivity index (χ1n) is 7.63. The van der Waals surface area contributed by atoms with Crippen molar-refractivity contribution < 1.29 is 13.5 Å². The first-order valence-corrected chi connectivity index (χ1v) is 9.52. The van der Waals surface area contributed by atoms with Crippen molar-refractivity contribution in [3.63, 3.8) is 0 Å². The van der Waals surface area contributed by atoms with Crippen molar-refractivity contribution in [3.05, 3.63) is 17.3 Å². The predicted octanol–water partition coefficient (Wildman–Crippen LogP) is 1.41. The number of hydrogen-bond acceptors (Lipinski definition) is 6. The van der Waals surface area contributed by atoms with E-state index in [-0.39, 0.29) is 11.8 Å². The van der Waals surface area contributed by atoms with E-state index in [1.807, 2.05) is 6.08 Å². The van der Waals surface area contributed by atoms with Gasteiger partial charge in [0, 0.05) is 37.2 Å². The molecular formula is C15H21N3O3S.